The van der Waals surface area contributed by atoms with Gasteiger partial charge in [-0.3, -0.25) is 0 Å². The zero-order valence-electron chi connectivity index (χ0n) is 19.2. The largest absolute Gasteiger partial charge is 0.371 e. The summed E-state index contributed by atoms with van der Waals surface area (Å²) in [6.07, 6.45) is 7.02. The summed E-state index contributed by atoms with van der Waals surface area (Å²) >= 11 is 0. The molecule has 0 aliphatic carbocycles. The molecular weight excluding hydrogens is 416 g/mol. The van der Waals surface area contributed by atoms with Crippen molar-refractivity contribution in [3.05, 3.63) is 36.5 Å². The van der Waals surface area contributed by atoms with Gasteiger partial charge in [0.2, 0.25) is 5.95 Å². The first-order valence-electron chi connectivity index (χ1n) is 12.1. The maximum atomic E-state index is 11.3. The van der Waals surface area contributed by atoms with Crippen molar-refractivity contribution in [2.75, 3.05) is 67.5 Å². The molecule has 2 aromatic rings. The van der Waals surface area contributed by atoms with Crippen LogP contribution in [0.5, 0.6) is 0 Å². The van der Waals surface area contributed by atoms with Crippen LogP contribution in [0.1, 0.15) is 25.7 Å². The second-order valence-corrected chi connectivity index (χ2v) is 9.18. The number of likely N-dealkylation sites (tertiary alicyclic amines) is 1. The number of urea groups is 1. The quantitative estimate of drug-likeness (QED) is 0.723. The van der Waals surface area contributed by atoms with Crippen molar-refractivity contribution in [1.29, 1.82) is 0 Å². The number of nitrogens with two attached hydrogens (primary N) is 1. The molecule has 33 heavy (non-hydrogen) atoms. The summed E-state index contributed by atoms with van der Waals surface area (Å²) in [7, 11) is 0. The number of piperidine rings is 1. The van der Waals surface area contributed by atoms with Gasteiger partial charge in [-0.2, -0.15) is 4.98 Å². The number of piperazine rings is 1. The van der Waals surface area contributed by atoms with Crippen LogP contribution < -0.4 is 20.9 Å². The molecule has 3 aliphatic heterocycles. The summed E-state index contributed by atoms with van der Waals surface area (Å²) in [5, 5.41) is 3.33. The molecule has 1 aromatic carbocycles. The van der Waals surface area contributed by atoms with Crippen molar-refractivity contribution in [3.8, 4) is 0 Å². The molecule has 3 aliphatic rings. The molecule has 176 valence electrons. The maximum absolute atomic E-state index is 11.3. The van der Waals surface area contributed by atoms with Crippen LogP contribution in [0.15, 0.2) is 36.5 Å². The average molecular weight is 451 g/mol. The molecule has 4 heterocycles. The summed E-state index contributed by atoms with van der Waals surface area (Å²) in [5.41, 5.74) is 7.63. The van der Waals surface area contributed by atoms with Crippen LogP contribution in [0, 0.1) is 0 Å². The predicted molar refractivity (Wildman–Crippen MR) is 131 cm³/mol. The van der Waals surface area contributed by atoms with Gasteiger partial charge in [-0.05, 0) is 69.1 Å². The first kappa shape index (κ1) is 21.8. The van der Waals surface area contributed by atoms with Crippen molar-refractivity contribution in [3.63, 3.8) is 0 Å². The van der Waals surface area contributed by atoms with Crippen LogP contribution in [-0.2, 0) is 0 Å². The van der Waals surface area contributed by atoms with Gasteiger partial charge in [0.25, 0.3) is 0 Å². The van der Waals surface area contributed by atoms with E-state index in [-0.39, 0.29) is 6.03 Å². The van der Waals surface area contributed by atoms with Gasteiger partial charge in [0.1, 0.15) is 5.82 Å². The highest BCUT2D eigenvalue weighted by Gasteiger charge is 2.26. The summed E-state index contributed by atoms with van der Waals surface area (Å²) in [5.74, 6) is 1.43. The lowest BCUT2D eigenvalue weighted by Gasteiger charge is -2.37. The van der Waals surface area contributed by atoms with Gasteiger partial charge in [0.15, 0.2) is 0 Å². The Balaban J connectivity index is 1.15. The average Bonchev–Trinajstić information content (AvgIpc) is 3.40. The van der Waals surface area contributed by atoms with Gasteiger partial charge in [0.05, 0.1) is 0 Å². The second-order valence-electron chi connectivity index (χ2n) is 9.18. The topological polar surface area (TPSA) is 93.9 Å². The van der Waals surface area contributed by atoms with Crippen LogP contribution in [-0.4, -0.2) is 84.2 Å². The van der Waals surface area contributed by atoms with Gasteiger partial charge in [-0.1, -0.05) is 0 Å². The number of anilines is 4. The van der Waals surface area contributed by atoms with Crippen molar-refractivity contribution < 1.29 is 4.79 Å². The summed E-state index contributed by atoms with van der Waals surface area (Å²) in [6, 6.07) is 10.9. The van der Waals surface area contributed by atoms with Gasteiger partial charge >= 0.3 is 6.03 Å². The Morgan fingerprint density at radius 1 is 0.879 bits per heavy atom. The first-order chi connectivity index (χ1) is 16.2. The van der Waals surface area contributed by atoms with E-state index in [9.17, 15) is 4.79 Å². The Kier molecular flexibility index (Phi) is 6.48. The minimum atomic E-state index is -0.362. The Morgan fingerprint density at radius 3 is 2.24 bits per heavy atom. The Bertz CT molecular complexity index is 930. The Morgan fingerprint density at radius 2 is 1.58 bits per heavy atom. The van der Waals surface area contributed by atoms with Crippen LogP contribution in [0.25, 0.3) is 0 Å². The number of carbonyl (C=O) groups excluding carboxylic acids is 1. The first-order valence-corrected chi connectivity index (χ1v) is 12.1. The molecule has 0 unspecified atom stereocenters. The number of hydrogen-bond donors (Lipinski definition) is 2. The van der Waals surface area contributed by atoms with Gasteiger partial charge in [-0.15, -0.1) is 0 Å². The highest BCUT2D eigenvalue weighted by Crippen LogP contribution is 2.26. The number of aromatic nitrogens is 2. The van der Waals surface area contributed by atoms with Crippen molar-refractivity contribution in [2.24, 2.45) is 5.73 Å². The maximum Gasteiger partial charge on any atom is 0.314 e. The lowest BCUT2D eigenvalue weighted by atomic mass is 10.0. The Labute approximate surface area is 195 Å². The fourth-order valence-electron chi connectivity index (χ4n) is 5.22. The number of carbonyl (C=O) groups is 1. The molecule has 0 atom stereocenters. The third-order valence-electron chi connectivity index (χ3n) is 7.17. The number of nitrogens with one attached hydrogen (secondary N) is 1. The molecular formula is C24H34N8O. The Hall–Kier alpha value is -3.07. The van der Waals surface area contributed by atoms with Crippen molar-refractivity contribution >= 4 is 29.2 Å². The monoisotopic (exact) mass is 450 g/mol. The molecule has 5 rings (SSSR count). The molecule has 3 N–H and O–H groups in total. The van der Waals surface area contributed by atoms with Gasteiger partial charge in [-0.25, -0.2) is 9.78 Å². The molecule has 0 radical (unpaired) electrons. The zero-order chi connectivity index (χ0) is 22.6. The third kappa shape index (κ3) is 5.13. The summed E-state index contributed by atoms with van der Waals surface area (Å²) < 4.78 is 0. The number of nitrogens with zero attached hydrogens (tertiary/aromatic N) is 6. The zero-order valence-corrected chi connectivity index (χ0v) is 19.2. The molecule has 9 nitrogen and oxygen atoms in total. The van der Waals surface area contributed by atoms with E-state index in [1.807, 2.05) is 6.07 Å². The lowest BCUT2D eigenvalue weighted by Crippen LogP contribution is -2.50. The summed E-state index contributed by atoms with van der Waals surface area (Å²) in [6.45, 7) is 7.47. The van der Waals surface area contributed by atoms with Crippen LogP contribution in [0.4, 0.5) is 27.9 Å². The highest BCUT2D eigenvalue weighted by molar-refractivity contribution is 5.72. The molecule has 0 saturated carbocycles. The van der Waals surface area contributed by atoms with E-state index in [0.29, 0.717) is 32.1 Å². The second kappa shape index (κ2) is 9.82. The number of benzene rings is 1. The molecule has 0 bridgehead atoms. The lowest BCUT2D eigenvalue weighted by molar-refractivity contribution is 0.204. The van der Waals surface area contributed by atoms with E-state index in [1.165, 1.54) is 44.5 Å². The van der Waals surface area contributed by atoms with Crippen LogP contribution in [0.3, 0.4) is 0 Å². The smallest absolute Gasteiger partial charge is 0.314 e. The molecule has 3 saturated heterocycles. The predicted octanol–water partition coefficient (Wildman–Crippen LogP) is 2.49. The van der Waals surface area contributed by atoms with Gasteiger partial charge in [0, 0.05) is 62.9 Å². The number of amides is 2. The third-order valence-corrected chi connectivity index (χ3v) is 7.17. The SMILES string of the molecule is NC(=O)N1CCN(c2ccnc(Nc3ccc(N4CCC(N5CCCC5)CC4)cc3)n2)CC1. The summed E-state index contributed by atoms with van der Waals surface area (Å²) in [4.78, 5) is 29.4. The van der Waals surface area contributed by atoms with E-state index >= 15 is 0 Å². The van der Waals surface area contributed by atoms with Crippen molar-refractivity contribution in [1.82, 2.24) is 19.8 Å². The van der Waals surface area contributed by atoms with Crippen LogP contribution >= 0.6 is 0 Å². The molecule has 3 fully saturated rings. The standard InChI is InChI=1S/C24H34N8O/c25-23(33)32-17-15-31(16-18-32)22-7-10-26-24(28-22)27-19-3-5-20(6-4-19)30-13-8-21(9-14-30)29-11-1-2-12-29/h3-7,10,21H,1-2,8-9,11-18H2,(H2,25,33)(H,26,27,28). The number of hydrogen-bond acceptors (Lipinski definition) is 7. The van der Waals surface area contributed by atoms with Gasteiger partial charge < -0.3 is 30.7 Å². The molecule has 9 heteroatoms. The normalized spacial score (nSPS) is 20.3. The fourth-order valence-corrected chi connectivity index (χ4v) is 5.22. The molecule has 0 spiro atoms. The van der Waals surface area contributed by atoms with E-state index < -0.39 is 0 Å². The number of primary amides is 1. The minimum Gasteiger partial charge on any atom is -0.371 e. The van der Waals surface area contributed by atoms with Crippen molar-refractivity contribution in [2.45, 2.75) is 31.7 Å². The van der Waals surface area contributed by atoms with E-state index in [0.717, 1.165) is 30.6 Å². The minimum absolute atomic E-state index is 0.362. The molecule has 2 amide bonds. The van der Waals surface area contributed by atoms with E-state index in [4.69, 9.17) is 5.73 Å². The van der Waals surface area contributed by atoms with E-state index in [2.05, 4.69) is 54.2 Å². The van der Waals surface area contributed by atoms with Crippen LogP contribution in [0.2, 0.25) is 0 Å². The number of rotatable bonds is 5. The molecule has 1 aromatic heterocycles. The fraction of sp³-hybridized carbons (Fsp3) is 0.542. The highest BCUT2D eigenvalue weighted by atomic mass is 16.2. The van der Waals surface area contributed by atoms with E-state index in [1.54, 1.807) is 11.1 Å².